The Bertz CT molecular complexity index is 1430. The van der Waals surface area contributed by atoms with Crippen LogP contribution in [0.1, 0.15) is 5.76 Å². The van der Waals surface area contributed by atoms with E-state index in [9.17, 15) is 4.79 Å². The second kappa shape index (κ2) is 8.84. The van der Waals surface area contributed by atoms with E-state index in [1.165, 1.54) is 6.08 Å². The maximum absolute atomic E-state index is 12.4. The van der Waals surface area contributed by atoms with Crippen molar-refractivity contribution in [3.05, 3.63) is 96.8 Å². The van der Waals surface area contributed by atoms with Crippen LogP contribution in [0.4, 0.5) is 5.69 Å². The second-order valence-electron chi connectivity index (χ2n) is 7.28. The van der Waals surface area contributed by atoms with Gasteiger partial charge >= 0.3 is 0 Å². The molecule has 3 aromatic carbocycles. The van der Waals surface area contributed by atoms with Gasteiger partial charge in [0.15, 0.2) is 0 Å². The molecule has 0 bridgehead atoms. The highest BCUT2D eigenvalue weighted by molar-refractivity contribution is 6.02. The van der Waals surface area contributed by atoms with Crippen LogP contribution in [-0.4, -0.2) is 28.0 Å². The number of methoxy groups -OCH3 is 1. The number of amides is 1. The van der Waals surface area contributed by atoms with E-state index in [0.29, 0.717) is 17.0 Å². The van der Waals surface area contributed by atoms with Gasteiger partial charge in [0.05, 0.1) is 12.8 Å². The lowest BCUT2D eigenvalue weighted by atomic mass is 10.2. The van der Waals surface area contributed by atoms with Crippen molar-refractivity contribution < 1.29 is 13.9 Å². The summed E-state index contributed by atoms with van der Waals surface area (Å²) in [6.07, 6.45) is 3.08. The molecular formula is C26H20N4O3. The molecule has 0 radical (unpaired) electrons. The summed E-state index contributed by atoms with van der Waals surface area (Å²) in [4.78, 5) is 13.9. The van der Waals surface area contributed by atoms with Gasteiger partial charge in [-0.25, -0.2) is 0 Å². The number of nitrogens with zero attached hydrogens (tertiary/aromatic N) is 3. The number of fused-ring (bicyclic) bond motifs is 1. The number of ether oxygens (including phenoxy) is 1. The Morgan fingerprint density at radius 2 is 1.73 bits per heavy atom. The van der Waals surface area contributed by atoms with Gasteiger partial charge in [0, 0.05) is 17.3 Å². The third-order valence-electron chi connectivity index (χ3n) is 5.04. The largest absolute Gasteiger partial charge is 0.497 e. The zero-order chi connectivity index (χ0) is 22.6. The highest BCUT2D eigenvalue weighted by Gasteiger charge is 2.08. The molecule has 0 saturated heterocycles. The summed E-state index contributed by atoms with van der Waals surface area (Å²) in [5, 5.41) is 11.8. The van der Waals surface area contributed by atoms with Crippen molar-refractivity contribution >= 4 is 28.7 Å². The van der Waals surface area contributed by atoms with Crippen LogP contribution in [0, 0.1) is 0 Å². The quantitative estimate of drug-likeness (QED) is 0.363. The molecule has 5 aromatic rings. The number of nitrogens with one attached hydrogen (secondary N) is 1. The Balaban J connectivity index is 1.27. The van der Waals surface area contributed by atoms with Gasteiger partial charge in [0.2, 0.25) is 5.91 Å². The zero-order valence-corrected chi connectivity index (χ0v) is 17.8. The Morgan fingerprint density at radius 1 is 0.939 bits per heavy atom. The first-order valence-electron chi connectivity index (χ1n) is 10.3. The summed E-state index contributed by atoms with van der Waals surface area (Å²) in [5.41, 5.74) is 3.82. The number of carbonyl (C=O) groups is 1. The van der Waals surface area contributed by atoms with Crippen LogP contribution < -0.4 is 10.1 Å². The molecule has 7 heteroatoms. The minimum absolute atomic E-state index is 0.269. The van der Waals surface area contributed by atoms with E-state index in [2.05, 4.69) is 15.5 Å². The molecule has 2 heterocycles. The number of anilines is 1. The predicted molar refractivity (Wildman–Crippen MR) is 127 cm³/mol. The zero-order valence-electron chi connectivity index (χ0n) is 17.8. The average Bonchev–Trinajstić information content (AvgIpc) is 3.50. The first-order valence-corrected chi connectivity index (χ1v) is 10.3. The second-order valence-corrected chi connectivity index (χ2v) is 7.28. The van der Waals surface area contributed by atoms with Gasteiger partial charge in [0.25, 0.3) is 0 Å². The minimum Gasteiger partial charge on any atom is -0.497 e. The Labute approximate surface area is 189 Å². The van der Waals surface area contributed by atoms with Gasteiger partial charge in [0.1, 0.15) is 28.3 Å². The molecule has 0 aliphatic carbocycles. The Morgan fingerprint density at radius 3 is 2.52 bits per heavy atom. The van der Waals surface area contributed by atoms with E-state index in [-0.39, 0.29) is 5.91 Å². The molecule has 1 amide bonds. The molecule has 162 valence electrons. The third-order valence-corrected chi connectivity index (χ3v) is 5.04. The first kappa shape index (κ1) is 20.3. The summed E-state index contributed by atoms with van der Waals surface area (Å²) in [7, 11) is 1.62. The summed E-state index contributed by atoms with van der Waals surface area (Å²) in [6.45, 7) is 0. The van der Waals surface area contributed by atoms with Gasteiger partial charge in [-0.05, 0) is 60.7 Å². The number of hydrogen-bond acceptors (Lipinski definition) is 5. The van der Waals surface area contributed by atoms with Gasteiger partial charge in [-0.1, -0.05) is 30.3 Å². The van der Waals surface area contributed by atoms with Crippen LogP contribution in [0.5, 0.6) is 5.75 Å². The molecule has 0 aliphatic rings. The summed E-state index contributed by atoms with van der Waals surface area (Å²) >= 11 is 0. The Hall–Kier alpha value is -4.65. The maximum atomic E-state index is 12.4. The van der Waals surface area contributed by atoms with E-state index in [1.807, 2.05) is 72.8 Å². The molecule has 0 atom stereocenters. The van der Waals surface area contributed by atoms with Gasteiger partial charge in [-0.3, -0.25) is 4.79 Å². The van der Waals surface area contributed by atoms with Gasteiger partial charge in [-0.15, -0.1) is 10.2 Å². The smallest absolute Gasteiger partial charge is 0.248 e. The fraction of sp³-hybridized carbons (Fsp3) is 0.0385. The topological polar surface area (TPSA) is 82.2 Å². The van der Waals surface area contributed by atoms with Crippen LogP contribution >= 0.6 is 0 Å². The molecule has 0 saturated carbocycles. The van der Waals surface area contributed by atoms with E-state index < -0.39 is 0 Å². The molecule has 1 N–H and O–H groups in total. The van der Waals surface area contributed by atoms with Crippen molar-refractivity contribution in [2.75, 3.05) is 12.4 Å². The van der Waals surface area contributed by atoms with E-state index in [4.69, 9.17) is 9.15 Å². The first-order chi connectivity index (χ1) is 16.2. The van der Waals surface area contributed by atoms with Crippen LogP contribution in [0.25, 0.3) is 34.1 Å². The van der Waals surface area contributed by atoms with Crippen molar-refractivity contribution in [3.63, 3.8) is 0 Å². The number of furan rings is 1. The van der Waals surface area contributed by atoms with Gasteiger partial charge in [-0.2, -0.15) is 4.80 Å². The number of benzene rings is 3. The molecule has 0 spiro atoms. The fourth-order valence-electron chi connectivity index (χ4n) is 3.37. The Kier molecular flexibility index (Phi) is 5.43. The molecule has 0 unspecified atom stereocenters. The number of aromatic nitrogens is 3. The maximum Gasteiger partial charge on any atom is 0.248 e. The van der Waals surface area contributed by atoms with Crippen molar-refractivity contribution in [3.8, 4) is 22.8 Å². The molecule has 33 heavy (non-hydrogen) atoms. The van der Waals surface area contributed by atoms with E-state index in [1.54, 1.807) is 30.1 Å². The predicted octanol–water partition coefficient (Wildman–Crippen LogP) is 5.34. The standard InChI is InChI=1S/C26H20N4O3/c1-32-21-10-8-20(9-11-21)30-28-23-14-7-19(17-24(23)29-30)27-26(31)16-13-22-12-15-25(33-22)18-5-3-2-4-6-18/h2-17H,1H3,(H,27,31)/b16-13+. The van der Waals surface area contributed by atoms with E-state index in [0.717, 1.165) is 28.3 Å². The number of carbonyl (C=O) groups excluding carboxylic acids is 1. The summed E-state index contributed by atoms with van der Waals surface area (Å²) in [5.74, 6) is 1.84. The third kappa shape index (κ3) is 4.52. The molecule has 5 rings (SSSR count). The molecule has 7 nitrogen and oxygen atoms in total. The molecule has 0 aliphatic heterocycles. The van der Waals surface area contributed by atoms with E-state index >= 15 is 0 Å². The van der Waals surface area contributed by atoms with Crippen molar-refractivity contribution in [1.29, 1.82) is 0 Å². The molecule has 2 aromatic heterocycles. The lowest BCUT2D eigenvalue weighted by molar-refractivity contribution is -0.111. The van der Waals surface area contributed by atoms with Crippen LogP contribution in [-0.2, 0) is 4.79 Å². The normalized spacial score (nSPS) is 11.2. The van der Waals surface area contributed by atoms with Crippen LogP contribution in [0.15, 0.2) is 95.4 Å². The van der Waals surface area contributed by atoms with Crippen molar-refractivity contribution in [1.82, 2.24) is 15.0 Å². The monoisotopic (exact) mass is 436 g/mol. The summed E-state index contributed by atoms with van der Waals surface area (Å²) < 4.78 is 11.0. The lowest BCUT2D eigenvalue weighted by Gasteiger charge is -2.01. The molecule has 0 fully saturated rings. The average molecular weight is 436 g/mol. The highest BCUT2D eigenvalue weighted by atomic mass is 16.5. The number of rotatable bonds is 6. The number of hydrogen-bond donors (Lipinski definition) is 1. The highest BCUT2D eigenvalue weighted by Crippen LogP contribution is 2.23. The van der Waals surface area contributed by atoms with Gasteiger partial charge < -0.3 is 14.5 Å². The summed E-state index contributed by atoms with van der Waals surface area (Å²) in [6, 6.07) is 26.4. The SMILES string of the molecule is COc1ccc(-n2nc3ccc(NC(=O)/C=C/c4ccc(-c5ccccc5)o4)cc3n2)cc1. The molecular weight excluding hydrogens is 416 g/mol. The van der Waals surface area contributed by atoms with Crippen LogP contribution in [0.3, 0.4) is 0 Å². The van der Waals surface area contributed by atoms with Crippen molar-refractivity contribution in [2.45, 2.75) is 0 Å². The van der Waals surface area contributed by atoms with Crippen LogP contribution in [0.2, 0.25) is 0 Å². The lowest BCUT2D eigenvalue weighted by Crippen LogP contribution is -2.07. The minimum atomic E-state index is -0.269. The van der Waals surface area contributed by atoms with Crippen molar-refractivity contribution in [2.24, 2.45) is 0 Å². The fourth-order valence-corrected chi connectivity index (χ4v) is 3.37.